The minimum absolute atomic E-state index is 0.0910. The number of anilines is 1. The first-order valence-electron chi connectivity index (χ1n) is 6.30. The van der Waals surface area contributed by atoms with Gasteiger partial charge in [0.05, 0.1) is 13.0 Å². The van der Waals surface area contributed by atoms with E-state index in [0.29, 0.717) is 31.7 Å². The molecule has 2 N–H and O–H groups in total. The number of aryl methyl sites for hydroxylation is 1. The third kappa shape index (κ3) is 6.57. The van der Waals surface area contributed by atoms with Gasteiger partial charge in [-0.1, -0.05) is 12.1 Å². The fraction of sp³-hybridized carbons (Fsp3) is 0.429. The first-order chi connectivity index (χ1) is 9.11. The third-order valence-electron chi connectivity index (χ3n) is 2.54. The van der Waals surface area contributed by atoms with E-state index < -0.39 is 5.97 Å². The van der Waals surface area contributed by atoms with Gasteiger partial charge in [-0.25, -0.2) is 0 Å². The van der Waals surface area contributed by atoms with Crippen molar-refractivity contribution >= 4 is 17.6 Å². The van der Waals surface area contributed by atoms with Gasteiger partial charge in [0.2, 0.25) is 5.91 Å². The van der Waals surface area contributed by atoms with Crippen molar-refractivity contribution in [3.8, 4) is 0 Å². The number of ether oxygens (including phenoxy) is 1. The molecule has 0 aliphatic carbocycles. The van der Waals surface area contributed by atoms with Gasteiger partial charge >= 0.3 is 5.97 Å². The average Bonchev–Trinajstić information content (AvgIpc) is 2.38. The number of carbonyl (C=O) groups is 2. The van der Waals surface area contributed by atoms with Gasteiger partial charge in [0.15, 0.2) is 0 Å². The minimum atomic E-state index is -0.812. The number of carboxylic acid groups (broad SMARTS) is 1. The Balaban J connectivity index is 2.39. The highest BCUT2D eigenvalue weighted by atomic mass is 16.5. The van der Waals surface area contributed by atoms with Crippen LogP contribution in [0.4, 0.5) is 5.69 Å². The molecule has 0 saturated carbocycles. The van der Waals surface area contributed by atoms with E-state index in [0.717, 1.165) is 5.56 Å². The van der Waals surface area contributed by atoms with Crippen LogP contribution in [0.1, 0.15) is 25.3 Å². The van der Waals surface area contributed by atoms with Gasteiger partial charge < -0.3 is 15.2 Å². The third-order valence-corrected chi connectivity index (χ3v) is 2.54. The van der Waals surface area contributed by atoms with Crippen molar-refractivity contribution in [3.05, 3.63) is 29.8 Å². The van der Waals surface area contributed by atoms with Crippen LogP contribution in [0.15, 0.2) is 24.3 Å². The lowest BCUT2D eigenvalue weighted by molar-refractivity contribution is -0.137. The lowest BCUT2D eigenvalue weighted by atomic mass is 10.1. The molecule has 0 aliphatic heterocycles. The number of hydrogen-bond donors (Lipinski definition) is 2. The highest BCUT2D eigenvalue weighted by Gasteiger charge is 2.03. The molecule has 0 heterocycles. The molecule has 0 fully saturated rings. The van der Waals surface area contributed by atoms with Crippen LogP contribution < -0.4 is 5.32 Å². The molecular formula is C14H19NO4. The molecule has 1 aromatic rings. The van der Waals surface area contributed by atoms with Gasteiger partial charge in [0.1, 0.15) is 0 Å². The van der Waals surface area contributed by atoms with Crippen LogP contribution in [-0.2, 0) is 20.7 Å². The zero-order chi connectivity index (χ0) is 14.1. The molecule has 0 unspecified atom stereocenters. The van der Waals surface area contributed by atoms with Crippen molar-refractivity contribution in [1.29, 1.82) is 0 Å². The molecular weight excluding hydrogens is 246 g/mol. The van der Waals surface area contributed by atoms with E-state index in [2.05, 4.69) is 5.32 Å². The number of hydrogen-bond acceptors (Lipinski definition) is 3. The smallest absolute Gasteiger partial charge is 0.303 e. The van der Waals surface area contributed by atoms with Crippen molar-refractivity contribution in [2.75, 3.05) is 18.5 Å². The predicted molar refractivity (Wildman–Crippen MR) is 72.1 cm³/mol. The number of nitrogens with one attached hydrogen (secondary N) is 1. The van der Waals surface area contributed by atoms with Crippen LogP contribution in [0.3, 0.4) is 0 Å². The lowest BCUT2D eigenvalue weighted by Crippen LogP contribution is -2.14. The normalized spacial score (nSPS) is 10.2. The number of carboxylic acids is 1. The molecule has 0 atom stereocenters. The van der Waals surface area contributed by atoms with Gasteiger partial charge in [0.25, 0.3) is 0 Å². The van der Waals surface area contributed by atoms with Crippen molar-refractivity contribution in [1.82, 2.24) is 0 Å². The number of carbonyl (C=O) groups excluding carboxylic acids is 1. The monoisotopic (exact) mass is 265 g/mol. The molecule has 1 rings (SSSR count). The molecule has 0 radical (unpaired) electrons. The first kappa shape index (κ1) is 15.2. The van der Waals surface area contributed by atoms with E-state index in [-0.39, 0.29) is 12.3 Å². The molecule has 104 valence electrons. The van der Waals surface area contributed by atoms with Crippen molar-refractivity contribution < 1.29 is 19.4 Å². The highest BCUT2D eigenvalue weighted by molar-refractivity contribution is 5.90. The molecule has 5 heteroatoms. The number of amides is 1. The van der Waals surface area contributed by atoms with Gasteiger partial charge in [-0.2, -0.15) is 0 Å². The average molecular weight is 265 g/mol. The van der Waals surface area contributed by atoms with Gasteiger partial charge in [0, 0.05) is 18.7 Å². The van der Waals surface area contributed by atoms with E-state index in [9.17, 15) is 9.59 Å². The summed E-state index contributed by atoms with van der Waals surface area (Å²) >= 11 is 0. The topological polar surface area (TPSA) is 75.6 Å². The van der Waals surface area contributed by atoms with E-state index >= 15 is 0 Å². The molecule has 19 heavy (non-hydrogen) atoms. The number of rotatable bonds is 8. The molecule has 0 spiro atoms. The maximum atomic E-state index is 11.5. The highest BCUT2D eigenvalue weighted by Crippen LogP contribution is 2.11. The molecule has 1 amide bonds. The summed E-state index contributed by atoms with van der Waals surface area (Å²) in [5.41, 5.74) is 1.65. The van der Waals surface area contributed by atoms with Gasteiger partial charge in [-0.3, -0.25) is 9.59 Å². The molecule has 0 aromatic heterocycles. The maximum Gasteiger partial charge on any atom is 0.303 e. The standard InChI is InChI=1S/C14H19NO4/c1-2-19-10-9-13(16)15-12-6-3-11(4-7-12)5-8-14(17)18/h3-4,6-7H,2,5,8-10H2,1H3,(H,15,16)(H,17,18). The Morgan fingerprint density at radius 1 is 1.21 bits per heavy atom. The van der Waals surface area contributed by atoms with E-state index in [4.69, 9.17) is 9.84 Å². The van der Waals surface area contributed by atoms with Crippen LogP contribution in [0, 0.1) is 0 Å². The van der Waals surface area contributed by atoms with E-state index in [1.165, 1.54) is 0 Å². The van der Waals surface area contributed by atoms with Gasteiger partial charge in [-0.05, 0) is 31.0 Å². The summed E-state index contributed by atoms with van der Waals surface area (Å²) in [6.45, 7) is 2.90. The summed E-state index contributed by atoms with van der Waals surface area (Å²) in [5.74, 6) is -0.903. The minimum Gasteiger partial charge on any atom is -0.481 e. The molecule has 5 nitrogen and oxygen atoms in total. The summed E-state index contributed by atoms with van der Waals surface area (Å²) in [5, 5.41) is 11.3. The van der Waals surface area contributed by atoms with E-state index in [1.54, 1.807) is 12.1 Å². The lowest BCUT2D eigenvalue weighted by Gasteiger charge is -2.06. The van der Waals surface area contributed by atoms with E-state index in [1.807, 2.05) is 19.1 Å². The van der Waals surface area contributed by atoms with Crippen LogP contribution in [0.25, 0.3) is 0 Å². The summed E-state index contributed by atoms with van der Waals surface area (Å²) in [7, 11) is 0. The molecule has 0 bridgehead atoms. The Hall–Kier alpha value is -1.88. The van der Waals surface area contributed by atoms with Gasteiger partial charge in [-0.15, -0.1) is 0 Å². The molecule has 0 saturated heterocycles. The second kappa shape index (κ2) is 8.26. The Kier molecular flexibility index (Phi) is 6.60. The van der Waals surface area contributed by atoms with Crippen molar-refractivity contribution in [2.24, 2.45) is 0 Å². The van der Waals surface area contributed by atoms with Crippen LogP contribution >= 0.6 is 0 Å². The predicted octanol–water partition coefficient (Wildman–Crippen LogP) is 2.07. The maximum absolute atomic E-state index is 11.5. The summed E-state index contributed by atoms with van der Waals surface area (Å²) in [6, 6.07) is 7.19. The Labute approximate surface area is 112 Å². The fourth-order valence-corrected chi connectivity index (χ4v) is 1.54. The zero-order valence-electron chi connectivity index (χ0n) is 11.0. The Morgan fingerprint density at radius 2 is 1.89 bits per heavy atom. The van der Waals surface area contributed by atoms with Crippen LogP contribution in [-0.4, -0.2) is 30.2 Å². The van der Waals surface area contributed by atoms with Crippen LogP contribution in [0.2, 0.25) is 0 Å². The second-order valence-electron chi connectivity index (χ2n) is 4.09. The number of aliphatic carboxylic acids is 1. The molecule has 1 aromatic carbocycles. The Morgan fingerprint density at radius 3 is 2.47 bits per heavy atom. The van der Waals surface area contributed by atoms with Crippen molar-refractivity contribution in [3.63, 3.8) is 0 Å². The van der Waals surface area contributed by atoms with Crippen molar-refractivity contribution in [2.45, 2.75) is 26.2 Å². The quantitative estimate of drug-likeness (QED) is 0.705. The first-order valence-corrected chi connectivity index (χ1v) is 6.30. The SMILES string of the molecule is CCOCCC(=O)Nc1ccc(CCC(=O)O)cc1. The second-order valence-corrected chi connectivity index (χ2v) is 4.09. The summed E-state index contributed by atoms with van der Waals surface area (Å²) in [4.78, 5) is 22.0. The largest absolute Gasteiger partial charge is 0.481 e. The number of benzene rings is 1. The summed E-state index contributed by atoms with van der Waals surface area (Å²) < 4.78 is 5.10. The Bertz CT molecular complexity index is 414. The summed E-state index contributed by atoms with van der Waals surface area (Å²) in [6.07, 6.45) is 0.933. The molecule has 0 aliphatic rings. The fourth-order valence-electron chi connectivity index (χ4n) is 1.54. The van der Waals surface area contributed by atoms with Crippen LogP contribution in [0.5, 0.6) is 0 Å². The zero-order valence-corrected chi connectivity index (χ0v) is 11.0.